The summed E-state index contributed by atoms with van der Waals surface area (Å²) < 4.78 is 7.06. The van der Waals surface area contributed by atoms with Gasteiger partial charge in [-0.05, 0) is 42.5 Å². The van der Waals surface area contributed by atoms with E-state index in [1.54, 1.807) is 12.1 Å². The molecule has 0 saturated carbocycles. The maximum atomic E-state index is 12.4. The molecular formula is C25H24N6O3S. The fourth-order valence-electron chi connectivity index (χ4n) is 3.18. The van der Waals surface area contributed by atoms with Crippen molar-refractivity contribution < 1.29 is 14.6 Å². The van der Waals surface area contributed by atoms with E-state index in [2.05, 4.69) is 26.0 Å². The van der Waals surface area contributed by atoms with Crippen molar-refractivity contribution in [3.05, 3.63) is 90.3 Å². The molecule has 9 nitrogen and oxygen atoms in total. The van der Waals surface area contributed by atoms with E-state index in [0.717, 1.165) is 17.2 Å². The highest BCUT2D eigenvalue weighted by atomic mass is 32.2. The summed E-state index contributed by atoms with van der Waals surface area (Å²) in [7, 11) is 1.53. The van der Waals surface area contributed by atoms with Crippen LogP contribution in [0.2, 0.25) is 0 Å². The first-order valence-electron chi connectivity index (χ1n) is 10.7. The predicted molar refractivity (Wildman–Crippen MR) is 136 cm³/mol. The quantitative estimate of drug-likeness (QED) is 0.177. The van der Waals surface area contributed by atoms with E-state index in [9.17, 15) is 9.90 Å². The van der Waals surface area contributed by atoms with Gasteiger partial charge in [-0.25, -0.2) is 5.43 Å². The smallest absolute Gasteiger partial charge is 0.250 e. The number of hydrogen-bond donors (Lipinski definition) is 3. The number of thioether (sulfide) groups is 1. The van der Waals surface area contributed by atoms with Gasteiger partial charge in [0.25, 0.3) is 5.91 Å². The molecule has 0 fully saturated rings. The van der Waals surface area contributed by atoms with Crippen molar-refractivity contribution in [3.8, 4) is 17.2 Å². The Morgan fingerprint density at radius 2 is 1.83 bits per heavy atom. The number of benzene rings is 3. The summed E-state index contributed by atoms with van der Waals surface area (Å²) in [4.78, 5) is 12.4. The monoisotopic (exact) mass is 488 g/mol. The number of nitrogens with zero attached hydrogens (tertiary/aromatic N) is 4. The van der Waals surface area contributed by atoms with Crippen LogP contribution in [-0.2, 0) is 11.3 Å². The van der Waals surface area contributed by atoms with Crippen LogP contribution in [0.4, 0.5) is 5.69 Å². The molecule has 0 aliphatic heterocycles. The summed E-state index contributed by atoms with van der Waals surface area (Å²) in [5.74, 6) is 1.09. The van der Waals surface area contributed by atoms with E-state index in [1.165, 1.54) is 31.2 Å². The minimum atomic E-state index is -0.319. The first kappa shape index (κ1) is 23.8. The third-order valence-corrected chi connectivity index (χ3v) is 5.83. The number of aromatic nitrogens is 3. The van der Waals surface area contributed by atoms with Gasteiger partial charge in [-0.2, -0.15) is 5.10 Å². The zero-order valence-electron chi connectivity index (χ0n) is 19.0. The molecule has 0 atom stereocenters. The summed E-state index contributed by atoms with van der Waals surface area (Å²) in [6.45, 7) is 0.465. The number of phenolic OH excluding ortho intramolecular Hbond substituents is 1. The highest BCUT2D eigenvalue weighted by Gasteiger charge is 2.15. The van der Waals surface area contributed by atoms with Crippen molar-refractivity contribution in [1.29, 1.82) is 0 Å². The molecule has 3 N–H and O–H groups in total. The summed E-state index contributed by atoms with van der Waals surface area (Å²) in [5.41, 5.74) is 4.77. The van der Waals surface area contributed by atoms with Gasteiger partial charge in [-0.15, -0.1) is 10.2 Å². The first-order valence-corrected chi connectivity index (χ1v) is 11.7. The van der Waals surface area contributed by atoms with Crippen LogP contribution < -0.4 is 15.5 Å². The Kier molecular flexibility index (Phi) is 7.97. The summed E-state index contributed by atoms with van der Waals surface area (Å²) >= 11 is 1.25. The molecule has 0 aliphatic carbocycles. The number of hydrazone groups is 1. The molecule has 35 heavy (non-hydrogen) atoms. The number of ether oxygens (including phenoxy) is 1. The minimum Gasteiger partial charge on any atom is -0.507 e. The second-order valence-electron chi connectivity index (χ2n) is 7.30. The third-order valence-electron chi connectivity index (χ3n) is 4.90. The molecule has 3 aromatic carbocycles. The number of hydrogen-bond acceptors (Lipinski definition) is 8. The zero-order chi connectivity index (χ0) is 24.5. The normalized spacial score (nSPS) is 10.9. The van der Waals surface area contributed by atoms with Gasteiger partial charge in [0.2, 0.25) is 0 Å². The molecule has 0 radical (unpaired) electrons. The molecular weight excluding hydrogens is 464 g/mol. The van der Waals surface area contributed by atoms with E-state index < -0.39 is 0 Å². The Bertz CT molecular complexity index is 1300. The fourth-order valence-corrected chi connectivity index (χ4v) is 3.94. The highest BCUT2D eigenvalue weighted by molar-refractivity contribution is 7.99. The lowest BCUT2D eigenvalue weighted by atomic mass is 10.2. The Balaban J connectivity index is 1.42. The van der Waals surface area contributed by atoms with Gasteiger partial charge < -0.3 is 15.2 Å². The van der Waals surface area contributed by atoms with Crippen LogP contribution in [0.3, 0.4) is 0 Å². The van der Waals surface area contributed by atoms with Crippen molar-refractivity contribution in [2.75, 3.05) is 18.2 Å². The number of amides is 1. The Hall–Kier alpha value is -4.31. The Morgan fingerprint density at radius 1 is 1.09 bits per heavy atom. The van der Waals surface area contributed by atoms with Gasteiger partial charge in [0.1, 0.15) is 11.5 Å². The molecule has 0 bridgehead atoms. The predicted octanol–water partition coefficient (Wildman–Crippen LogP) is 3.84. The molecule has 4 aromatic rings. The molecule has 0 aliphatic rings. The topological polar surface area (TPSA) is 114 Å². The molecule has 4 rings (SSSR count). The number of anilines is 1. The number of carbonyl (C=O) groups is 1. The number of methoxy groups -OCH3 is 1. The number of rotatable bonds is 10. The summed E-state index contributed by atoms with van der Waals surface area (Å²) in [5, 5.41) is 26.4. The van der Waals surface area contributed by atoms with Gasteiger partial charge >= 0.3 is 0 Å². The zero-order valence-corrected chi connectivity index (χ0v) is 19.8. The van der Waals surface area contributed by atoms with Crippen LogP contribution in [0.15, 0.2) is 89.1 Å². The van der Waals surface area contributed by atoms with E-state index >= 15 is 0 Å². The van der Waals surface area contributed by atoms with E-state index in [1.807, 2.05) is 65.2 Å². The molecule has 1 aromatic heterocycles. The van der Waals surface area contributed by atoms with Crippen molar-refractivity contribution in [2.45, 2.75) is 11.7 Å². The number of aromatic hydroxyl groups is 1. The lowest BCUT2D eigenvalue weighted by Gasteiger charge is -2.11. The van der Waals surface area contributed by atoms with Crippen molar-refractivity contribution in [1.82, 2.24) is 20.2 Å². The van der Waals surface area contributed by atoms with Crippen LogP contribution in [0.5, 0.6) is 11.5 Å². The molecule has 10 heteroatoms. The number of carbonyl (C=O) groups excluding carboxylic acids is 1. The standard InChI is InChI=1S/C25H24N6O3S/c1-34-21-12-13-22(32)18(14-21)15-27-29-24(33)17-35-25-30-28-23(16-26-19-8-4-2-5-9-19)31(25)20-10-6-3-7-11-20/h2-15,26,32H,16-17H2,1H3,(H,29,33)/b27-15+. The van der Waals surface area contributed by atoms with E-state index in [0.29, 0.717) is 23.0 Å². The lowest BCUT2D eigenvalue weighted by molar-refractivity contribution is -0.118. The fraction of sp³-hybridized carbons (Fsp3) is 0.120. The molecule has 1 heterocycles. The molecule has 178 valence electrons. The SMILES string of the molecule is COc1ccc(O)c(/C=N/NC(=O)CSc2nnc(CNc3ccccc3)n2-c2ccccc2)c1. The molecule has 1 amide bonds. The molecule has 0 unspecified atom stereocenters. The molecule has 0 spiro atoms. The minimum absolute atomic E-state index is 0.0331. The number of nitrogens with one attached hydrogen (secondary N) is 2. The van der Waals surface area contributed by atoms with Crippen LogP contribution in [0.1, 0.15) is 11.4 Å². The average Bonchev–Trinajstić information content (AvgIpc) is 3.31. The average molecular weight is 489 g/mol. The number of phenols is 1. The van der Waals surface area contributed by atoms with Gasteiger partial charge in [0.05, 0.1) is 25.6 Å². The van der Waals surface area contributed by atoms with Gasteiger partial charge in [0.15, 0.2) is 11.0 Å². The number of para-hydroxylation sites is 2. The summed E-state index contributed by atoms with van der Waals surface area (Å²) in [6, 6.07) is 24.3. The Morgan fingerprint density at radius 3 is 2.57 bits per heavy atom. The van der Waals surface area contributed by atoms with Crippen LogP contribution in [0.25, 0.3) is 5.69 Å². The Labute approximate surface area is 206 Å². The second kappa shape index (κ2) is 11.7. The second-order valence-corrected chi connectivity index (χ2v) is 8.24. The van der Waals surface area contributed by atoms with E-state index in [-0.39, 0.29) is 17.4 Å². The van der Waals surface area contributed by atoms with Gasteiger partial charge in [-0.1, -0.05) is 48.2 Å². The van der Waals surface area contributed by atoms with Crippen molar-refractivity contribution in [2.24, 2.45) is 5.10 Å². The highest BCUT2D eigenvalue weighted by Crippen LogP contribution is 2.23. The van der Waals surface area contributed by atoms with E-state index in [4.69, 9.17) is 4.74 Å². The van der Waals surface area contributed by atoms with Gasteiger partial charge in [-0.3, -0.25) is 9.36 Å². The van der Waals surface area contributed by atoms with Crippen molar-refractivity contribution >= 4 is 29.6 Å². The maximum absolute atomic E-state index is 12.4. The molecule has 0 saturated heterocycles. The largest absolute Gasteiger partial charge is 0.507 e. The van der Waals surface area contributed by atoms with Crippen molar-refractivity contribution in [3.63, 3.8) is 0 Å². The third kappa shape index (κ3) is 6.39. The summed E-state index contributed by atoms with van der Waals surface area (Å²) in [6.07, 6.45) is 1.36. The lowest BCUT2D eigenvalue weighted by Crippen LogP contribution is -2.20. The van der Waals surface area contributed by atoms with Gasteiger partial charge in [0, 0.05) is 16.9 Å². The first-order chi connectivity index (χ1) is 17.1. The maximum Gasteiger partial charge on any atom is 0.250 e. The van der Waals surface area contributed by atoms with Crippen LogP contribution in [0, 0.1) is 0 Å². The van der Waals surface area contributed by atoms with Crippen LogP contribution >= 0.6 is 11.8 Å². The van der Waals surface area contributed by atoms with Crippen LogP contribution in [-0.4, -0.2) is 44.9 Å².